The maximum absolute atomic E-state index is 6.11. The zero-order valence-electron chi connectivity index (χ0n) is 8.37. The fourth-order valence-electron chi connectivity index (χ4n) is 2.27. The van der Waals surface area contributed by atoms with Crippen LogP contribution >= 0.6 is 11.6 Å². The van der Waals surface area contributed by atoms with Gasteiger partial charge in [-0.25, -0.2) is 0 Å². The molecule has 1 N–H and O–H groups in total. The minimum atomic E-state index is 0.449. The van der Waals surface area contributed by atoms with Crippen molar-refractivity contribution in [2.24, 2.45) is 0 Å². The van der Waals surface area contributed by atoms with Crippen molar-refractivity contribution < 1.29 is 4.74 Å². The van der Waals surface area contributed by atoms with E-state index in [1.807, 2.05) is 12.1 Å². The van der Waals surface area contributed by atoms with E-state index >= 15 is 0 Å². The molecule has 3 rings (SSSR count). The predicted molar refractivity (Wildman–Crippen MR) is 61.0 cm³/mol. The molecule has 1 unspecified atom stereocenters. The highest BCUT2D eigenvalue weighted by Crippen LogP contribution is 2.39. The van der Waals surface area contributed by atoms with Gasteiger partial charge in [0.2, 0.25) is 0 Å². The Morgan fingerprint density at radius 1 is 1.47 bits per heavy atom. The second-order valence-electron chi connectivity index (χ2n) is 3.95. The fourth-order valence-corrected chi connectivity index (χ4v) is 2.50. The normalized spacial score (nSPS) is 24.1. The molecule has 0 aliphatic carbocycles. The second kappa shape index (κ2) is 3.58. The minimum Gasteiger partial charge on any atom is -0.488 e. The van der Waals surface area contributed by atoms with Crippen molar-refractivity contribution in [3.8, 4) is 5.75 Å². The Morgan fingerprint density at radius 3 is 3.33 bits per heavy atom. The van der Waals surface area contributed by atoms with Crippen LogP contribution in [0.4, 0.5) is 5.69 Å². The first-order valence-electron chi connectivity index (χ1n) is 5.25. The lowest BCUT2D eigenvalue weighted by molar-refractivity contribution is 0.247. The Hall–Kier alpha value is -0.930. The third-order valence-corrected chi connectivity index (χ3v) is 3.32. The maximum Gasteiger partial charge on any atom is 0.161 e. The highest BCUT2D eigenvalue weighted by molar-refractivity contribution is 6.32. The van der Waals surface area contributed by atoms with Crippen molar-refractivity contribution in [3.63, 3.8) is 0 Å². The van der Waals surface area contributed by atoms with Crippen LogP contribution in [0.25, 0.3) is 0 Å². The van der Waals surface area contributed by atoms with E-state index in [1.54, 1.807) is 0 Å². The topological polar surface area (TPSA) is 24.5 Å². The molecule has 1 saturated heterocycles. The SMILES string of the molecule is Clc1cccc2c1OCC1CNCCN21. The van der Waals surface area contributed by atoms with Gasteiger partial charge < -0.3 is 15.0 Å². The summed E-state index contributed by atoms with van der Waals surface area (Å²) >= 11 is 6.11. The summed E-state index contributed by atoms with van der Waals surface area (Å²) in [6, 6.07) is 6.39. The van der Waals surface area contributed by atoms with Gasteiger partial charge in [0.1, 0.15) is 6.61 Å². The molecule has 0 aromatic heterocycles. The number of piperazine rings is 1. The van der Waals surface area contributed by atoms with Crippen LogP contribution in [0.15, 0.2) is 18.2 Å². The molecule has 1 fully saturated rings. The number of fused-ring (bicyclic) bond motifs is 3. The largest absolute Gasteiger partial charge is 0.488 e. The van der Waals surface area contributed by atoms with E-state index < -0.39 is 0 Å². The zero-order chi connectivity index (χ0) is 10.3. The summed E-state index contributed by atoms with van der Waals surface area (Å²) < 4.78 is 5.71. The predicted octanol–water partition coefficient (Wildman–Crippen LogP) is 1.51. The van der Waals surface area contributed by atoms with Crippen molar-refractivity contribution in [1.82, 2.24) is 5.32 Å². The molecule has 0 bridgehead atoms. The third-order valence-electron chi connectivity index (χ3n) is 3.03. The molecule has 0 spiro atoms. The first kappa shape index (κ1) is 9.31. The third kappa shape index (κ3) is 1.46. The van der Waals surface area contributed by atoms with E-state index in [-0.39, 0.29) is 0 Å². The minimum absolute atomic E-state index is 0.449. The smallest absolute Gasteiger partial charge is 0.161 e. The van der Waals surface area contributed by atoms with Crippen molar-refractivity contribution in [3.05, 3.63) is 23.2 Å². The number of nitrogens with zero attached hydrogens (tertiary/aromatic N) is 1. The van der Waals surface area contributed by atoms with Crippen molar-refractivity contribution >= 4 is 17.3 Å². The van der Waals surface area contributed by atoms with Crippen LogP contribution in [0, 0.1) is 0 Å². The number of para-hydroxylation sites is 1. The van der Waals surface area contributed by atoms with E-state index in [0.717, 1.165) is 37.7 Å². The molecule has 0 saturated carbocycles. The highest BCUT2D eigenvalue weighted by atomic mass is 35.5. The second-order valence-corrected chi connectivity index (χ2v) is 4.36. The summed E-state index contributed by atoms with van der Waals surface area (Å²) in [6.45, 7) is 3.78. The van der Waals surface area contributed by atoms with Crippen LogP contribution in [0.2, 0.25) is 5.02 Å². The monoisotopic (exact) mass is 224 g/mol. The van der Waals surface area contributed by atoms with Gasteiger partial charge in [0.15, 0.2) is 5.75 Å². The molecule has 0 amide bonds. The molecule has 0 radical (unpaired) electrons. The Morgan fingerprint density at radius 2 is 2.40 bits per heavy atom. The highest BCUT2D eigenvalue weighted by Gasteiger charge is 2.30. The van der Waals surface area contributed by atoms with Crippen LogP contribution in [-0.4, -0.2) is 32.3 Å². The average Bonchev–Trinajstić information content (AvgIpc) is 2.29. The van der Waals surface area contributed by atoms with Crippen LogP contribution in [-0.2, 0) is 0 Å². The first-order chi connectivity index (χ1) is 7.36. The zero-order valence-corrected chi connectivity index (χ0v) is 9.13. The molecule has 1 aromatic rings. The van der Waals surface area contributed by atoms with E-state index in [9.17, 15) is 0 Å². The molecular weight excluding hydrogens is 212 g/mol. The van der Waals surface area contributed by atoms with Crippen molar-refractivity contribution in [2.45, 2.75) is 6.04 Å². The number of hydrogen-bond donors (Lipinski definition) is 1. The van der Waals surface area contributed by atoms with Crippen LogP contribution in [0.5, 0.6) is 5.75 Å². The van der Waals surface area contributed by atoms with Gasteiger partial charge in [0.05, 0.1) is 16.8 Å². The summed E-state index contributed by atoms with van der Waals surface area (Å²) in [5, 5.41) is 4.09. The number of rotatable bonds is 0. The van der Waals surface area contributed by atoms with E-state index in [4.69, 9.17) is 16.3 Å². The van der Waals surface area contributed by atoms with E-state index in [0.29, 0.717) is 11.1 Å². The fraction of sp³-hybridized carbons (Fsp3) is 0.455. The Balaban J connectivity index is 2.03. The lowest BCUT2D eigenvalue weighted by Crippen LogP contribution is -2.55. The molecule has 2 heterocycles. The summed E-state index contributed by atoms with van der Waals surface area (Å²) in [7, 11) is 0. The number of anilines is 1. The number of benzene rings is 1. The summed E-state index contributed by atoms with van der Waals surface area (Å²) in [5.74, 6) is 0.845. The lowest BCUT2D eigenvalue weighted by atomic mass is 10.1. The van der Waals surface area contributed by atoms with Gasteiger partial charge in [0.25, 0.3) is 0 Å². The molecule has 2 aliphatic rings. The van der Waals surface area contributed by atoms with Gasteiger partial charge in [-0.05, 0) is 12.1 Å². The molecule has 2 aliphatic heterocycles. The maximum atomic E-state index is 6.11. The summed E-state index contributed by atoms with van der Waals surface area (Å²) in [6.07, 6.45) is 0. The average molecular weight is 225 g/mol. The number of ether oxygens (including phenoxy) is 1. The van der Waals surface area contributed by atoms with Crippen LogP contribution < -0.4 is 15.0 Å². The molecule has 15 heavy (non-hydrogen) atoms. The van der Waals surface area contributed by atoms with E-state index in [1.165, 1.54) is 0 Å². The van der Waals surface area contributed by atoms with Gasteiger partial charge in [-0.3, -0.25) is 0 Å². The summed E-state index contributed by atoms with van der Waals surface area (Å²) in [5.41, 5.74) is 1.14. The van der Waals surface area contributed by atoms with Gasteiger partial charge in [0, 0.05) is 19.6 Å². The number of nitrogens with one attached hydrogen (secondary N) is 1. The molecule has 80 valence electrons. The molecular formula is C11H13ClN2O. The van der Waals surface area contributed by atoms with Gasteiger partial charge >= 0.3 is 0 Å². The Kier molecular flexibility index (Phi) is 2.22. The van der Waals surface area contributed by atoms with Gasteiger partial charge in [-0.2, -0.15) is 0 Å². The Bertz CT molecular complexity index is 383. The molecule has 4 heteroatoms. The quantitative estimate of drug-likeness (QED) is 0.723. The standard InChI is InChI=1S/C11H13ClN2O/c12-9-2-1-3-10-11(9)15-7-8-6-13-4-5-14(8)10/h1-3,8,13H,4-7H2. The molecule has 3 nitrogen and oxygen atoms in total. The lowest BCUT2D eigenvalue weighted by Gasteiger charge is -2.42. The summed E-state index contributed by atoms with van der Waals surface area (Å²) in [4.78, 5) is 2.39. The van der Waals surface area contributed by atoms with E-state index in [2.05, 4.69) is 16.3 Å². The van der Waals surface area contributed by atoms with Crippen LogP contribution in [0.3, 0.4) is 0 Å². The first-order valence-corrected chi connectivity index (χ1v) is 5.63. The van der Waals surface area contributed by atoms with Gasteiger partial charge in [-0.1, -0.05) is 17.7 Å². The molecule has 1 atom stereocenters. The number of hydrogen-bond acceptors (Lipinski definition) is 3. The molecule has 1 aromatic carbocycles. The number of halogens is 1. The van der Waals surface area contributed by atoms with Gasteiger partial charge in [-0.15, -0.1) is 0 Å². The van der Waals surface area contributed by atoms with Crippen LogP contribution in [0.1, 0.15) is 0 Å². The van der Waals surface area contributed by atoms with Crippen molar-refractivity contribution in [2.75, 3.05) is 31.1 Å². The Labute approximate surface area is 94.0 Å². The van der Waals surface area contributed by atoms with Crippen molar-refractivity contribution in [1.29, 1.82) is 0 Å².